The lowest BCUT2D eigenvalue weighted by Gasteiger charge is -2.19. The Labute approximate surface area is 119 Å². The molecule has 1 atom stereocenters. The van der Waals surface area contributed by atoms with Crippen LogP contribution in [0.5, 0.6) is 5.75 Å². The van der Waals surface area contributed by atoms with E-state index in [1.54, 1.807) is 0 Å². The monoisotopic (exact) mass is 335 g/mol. The lowest BCUT2D eigenvalue weighted by atomic mass is 10.3. The molecule has 1 saturated heterocycles. The van der Waals surface area contributed by atoms with Crippen molar-refractivity contribution < 1.29 is 18.6 Å². The Bertz CT molecular complexity index is 416. The number of aliphatic hydroxyl groups is 1. The Morgan fingerprint density at radius 2 is 1.84 bits per heavy atom. The van der Waals surface area contributed by atoms with E-state index < -0.39 is 23.5 Å². The molecule has 0 aliphatic carbocycles. The molecule has 3 nitrogen and oxygen atoms in total. The van der Waals surface area contributed by atoms with Gasteiger partial charge in [0.05, 0.1) is 0 Å². The van der Waals surface area contributed by atoms with Gasteiger partial charge < -0.3 is 14.7 Å². The average Bonchev–Trinajstić information content (AvgIpc) is 2.80. The molecule has 1 aliphatic rings. The third kappa shape index (κ3) is 4.12. The van der Waals surface area contributed by atoms with E-state index >= 15 is 0 Å². The first kappa shape index (κ1) is 14.7. The van der Waals surface area contributed by atoms with Gasteiger partial charge >= 0.3 is 0 Å². The van der Waals surface area contributed by atoms with Gasteiger partial charge in [-0.1, -0.05) is 15.9 Å². The highest BCUT2D eigenvalue weighted by molar-refractivity contribution is 9.10. The Hall–Kier alpha value is -0.720. The van der Waals surface area contributed by atoms with Crippen molar-refractivity contribution in [2.24, 2.45) is 0 Å². The van der Waals surface area contributed by atoms with Crippen LogP contribution in [-0.4, -0.2) is 42.4 Å². The summed E-state index contributed by atoms with van der Waals surface area (Å²) in [7, 11) is 0. The molecule has 1 aromatic rings. The summed E-state index contributed by atoms with van der Waals surface area (Å²) in [4.78, 5) is 2.11. The number of nitrogens with zero attached hydrogens (tertiary/aromatic N) is 1. The molecule has 0 radical (unpaired) electrons. The molecule has 0 bridgehead atoms. The maximum atomic E-state index is 13.5. The van der Waals surface area contributed by atoms with Crippen molar-refractivity contribution in [1.82, 2.24) is 4.90 Å². The van der Waals surface area contributed by atoms with Crippen LogP contribution < -0.4 is 4.74 Å². The molecule has 1 aliphatic heterocycles. The second-order valence-corrected chi connectivity index (χ2v) is 5.59. The SMILES string of the molecule is O[C@@H](COc1c(F)cc(Br)cc1F)CN1CCCC1. The minimum atomic E-state index is -0.778. The lowest BCUT2D eigenvalue weighted by molar-refractivity contribution is 0.0725. The summed E-state index contributed by atoms with van der Waals surface area (Å²) >= 11 is 2.99. The second kappa shape index (κ2) is 6.63. The largest absolute Gasteiger partial charge is 0.485 e. The molecule has 106 valence electrons. The summed E-state index contributed by atoms with van der Waals surface area (Å²) in [6.07, 6.45) is 1.51. The van der Waals surface area contributed by atoms with Crippen LogP contribution in [-0.2, 0) is 0 Å². The van der Waals surface area contributed by atoms with E-state index in [-0.39, 0.29) is 6.61 Å². The molecule has 1 fully saturated rings. The fourth-order valence-electron chi connectivity index (χ4n) is 2.16. The summed E-state index contributed by atoms with van der Waals surface area (Å²) in [5.41, 5.74) is 0. The quantitative estimate of drug-likeness (QED) is 0.897. The van der Waals surface area contributed by atoms with Gasteiger partial charge in [0.2, 0.25) is 0 Å². The molecule has 6 heteroatoms. The van der Waals surface area contributed by atoms with Crippen LogP contribution in [0.3, 0.4) is 0 Å². The molecule has 0 saturated carbocycles. The van der Waals surface area contributed by atoms with Crippen LogP contribution in [0.4, 0.5) is 8.78 Å². The van der Waals surface area contributed by atoms with Gasteiger partial charge in [-0.3, -0.25) is 0 Å². The Morgan fingerprint density at radius 3 is 2.42 bits per heavy atom. The Kier molecular flexibility index (Phi) is 5.13. The van der Waals surface area contributed by atoms with E-state index in [1.807, 2.05) is 0 Å². The second-order valence-electron chi connectivity index (χ2n) is 4.67. The molecule has 1 aromatic carbocycles. The summed E-state index contributed by atoms with van der Waals surface area (Å²) in [5, 5.41) is 9.79. The summed E-state index contributed by atoms with van der Waals surface area (Å²) in [5.74, 6) is -2.00. The van der Waals surface area contributed by atoms with Gasteiger partial charge in [-0.05, 0) is 38.1 Å². The van der Waals surface area contributed by atoms with Gasteiger partial charge in [0.15, 0.2) is 17.4 Å². The number of rotatable bonds is 5. The molecule has 0 spiro atoms. The molecule has 1 N–H and O–H groups in total. The van der Waals surface area contributed by atoms with Crippen LogP contribution in [0.2, 0.25) is 0 Å². The third-order valence-corrected chi connectivity index (χ3v) is 3.51. The van der Waals surface area contributed by atoms with E-state index in [1.165, 1.54) is 0 Å². The van der Waals surface area contributed by atoms with Crippen molar-refractivity contribution in [3.63, 3.8) is 0 Å². The molecule has 19 heavy (non-hydrogen) atoms. The number of likely N-dealkylation sites (tertiary alicyclic amines) is 1. The topological polar surface area (TPSA) is 32.7 Å². The zero-order valence-corrected chi connectivity index (χ0v) is 12.0. The molecule has 0 amide bonds. The molecular formula is C13H16BrF2NO2. The van der Waals surface area contributed by atoms with Crippen molar-refractivity contribution in [1.29, 1.82) is 0 Å². The first-order valence-electron chi connectivity index (χ1n) is 6.24. The predicted octanol–water partition coefficient (Wildman–Crippen LogP) is 2.56. The molecule has 0 unspecified atom stereocenters. The fourth-order valence-corrected chi connectivity index (χ4v) is 2.56. The molecular weight excluding hydrogens is 320 g/mol. The van der Waals surface area contributed by atoms with E-state index in [0.717, 1.165) is 38.1 Å². The number of hydrogen-bond acceptors (Lipinski definition) is 3. The smallest absolute Gasteiger partial charge is 0.190 e. The normalized spacial score (nSPS) is 17.7. The number of hydrogen-bond donors (Lipinski definition) is 1. The van der Waals surface area contributed by atoms with Gasteiger partial charge in [0, 0.05) is 11.0 Å². The molecule has 0 aromatic heterocycles. The van der Waals surface area contributed by atoms with Crippen LogP contribution in [0.25, 0.3) is 0 Å². The van der Waals surface area contributed by atoms with E-state index in [9.17, 15) is 13.9 Å². The maximum absolute atomic E-state index is 13.5. The minimum Gasteiger partial charge on any atom is -0.485 e. The lowest BCUT2D eigenvalue weighted by Crippen LogP contribution is -2.33. The van der Waals surface area contributed by atoms with Crippen molar-refractivity contribution in [2.75, 3.05) is 26.2 Å². The number of halogens is 3. The van der Waals surface area contributed by atoms with Crippen molar-refractivity contribution >= 4 is 15.9 Å². The average molecular weight is 336 g/mol. The number of β-amino-alcohol motifs (C(OH)–C–C–N with tert-alkyl or cyclic N) is 1. The van der Waals surface area contributed by atoms with Gasteiger partial charge in [0.1, 0.15) is 12.7 Å². The highest BCUT2D eigenvalue weighted by Crippen LogP contribution is 2.26. The number of benzene rings is 1. The number of ether oxygens (including phenoxy) is 1. The van der Waals surface area contributed by atoms with Gasteiger partial charge in [0.25, 0.3) is 0 Å². The minimum absolute atomic E-state index is 0.119. The predicted molar refractivity (Wildman–Crippen MR) is 71.2 cm³/mol. The zero-order chi connectivity index (χ0) is 13.8. The van der Waals surface area contributed by atoms with Crippen LogP contribution in [0, 0.1) is 11.6 Å². The highest BCUT2D eigenvalue weighted by atomic mass is 79.9. The Balaban J connectivity index is 1.87. The standard InChI is InChI=1S/C13H16BrF2NO2/c14-9-5-11(15)13(12(16)6-9)19-8-10(18)7-17-3-1-2-4-17/h5-6,10,18H,1-4,7-8H2/t10-/m1/s1. The third-order valence-electron chi connectivity index (χ3n) is 3.05. The van der Waals surface area contributed by atoms with E-state index in [0.29, 0.717) is 11.0 Å². The van der Waals surface area contributed by atoms with E-state index in [4.69, 9.17) is 4.74 Å². The molecule has 2 rings (SSSR count). The Morgan fingerprint density at radius 1 is 1.26 bits per heavy atom. The maximum Gasteiger partial charge on any atom is 0.190 e. The highest BCUT2D eigenvalue weighted by Gasteiger charge is 2.18. The summed E-state index contributed by atoms with van der Waals surface area (Å²) < 4.78 is 32.3. The van der Waals surface area contributed by atoms with Gasteiger partial charge in [-0.15, -0.1) is 0 Å². The van der Waals surface area contributed by atoms with Crippen LogP contribution >= 0.6 is 15.9 Å². The first-order chi connectivity index (χ1) is 9.06. The summed E-state index contributed by atoms with van der Waals surface area (Å²) in [6, 6.07) is 2.26. The number of aliphatic hydroxyl groups excluding tert-OH is 1. The fraction of sp³-hybridized carbons (Fsp3) is 0.538. The summed E-state index contributed by atoms with van der Waals surface area (Å²) in [6.45, 7) is 2.27. The van der Waals surface area contributed by atoms with Gasteiger partial charge in [-0.2, -0.15) is 0 Å². The van der Waals surface area contributed by atoms with E-state index in [2.05, 4.69) is 20.8 Å². The first-order valence-corrected chi connectivity index (χ1v) is 7.03. The van der Waals surface area contributed by atoms with Gasteiger partial charge in [-0.25, -0.2) is 8.78 Å². The van der Waals surface area contributed by atoms with Crippen LogP contribution in [0.15, 0.2) is 16.6 Å². The zero-order valence-electron chi connectivity index (χ0n) is 10.4. The van der Waals surface area contributed by atoms with Crippen molar-refractivity contribution in [3.05, 3.63) is 28.2 Å². The van der Waals surface area contributed by atoms with Crippen LogP contribution in [0.1, 0.15) is 12.8 Å². The van der Waals surface area contributed by atoms with Crippen molar-refractivity contribution in [3.8, 4) is 5.75 Å². The van der Waals surface area contributed by atoms with Crippen molar-refractivity contribution in [2.45, 2.75) is 18.9 Å². The molecule has 1 heterocycles.